The number of rotatable bonds is 5. The van der Waals surface area contributed by atoms with E-state index in [1.54, 1.807) is 24.3 Å². The molecule has 0 saturated carbocycles. The van der Waals surface area contributed by atoms with E-state index in [1.807, 2.05) is 6.07 Å². The van der Waals surface area contributed by atoms with Crippen molar-refractivity contribution in [3.05, 3.63) is 60.2 Å². The van der Waals surface area contributed by atoms with Gasteiger partial charge in [0.15, 0.2) is 11.6 Å². The van der Waals surface area contributed by atoms with Crippen molar-refractivity contribution in [3.63, 3.8) is 0 Å². The van der Waals surface area contributed by atoms with Gasteiger partial charge >= 0.3 is 0 Å². The molecule has 0 heterocycles. The van der Waals surface area contributed by atoms with Gasteiger partial charge in [-0.2, -0.15) is 0 Å². The van der Waals surface area contributed by atoms with Gasteiger partial charge in [0.2, 0.25) is 11.8 Å². The molecule has 0 aromatic heterocycles. The maximum atomic E-state index is 13.1. The van der Waals surface area contributed by atoms with Crippen molar-refractivity contribution < 1.29 is 18.4 Å². The zero-order chi connectivity index (χ0) is 16.8. The highest BCUT2D eigenvalue weighted by molar-refractivity contribution is 5.94. The van der Waals surface area contributed by atoms with Crippen LogP contribution in [0, 0.1) is 11.6 Å². The lowest BCUT2D eigenvalue weighted by Gasteiger charge is -2.20. The lowest BCUT2D eigenvalue weighted by atomic mass is 10.2. The van der Waals surface area contributed by atoms with Crippen molar-refractivity contribution >= 4 is 23.2 Å². The van der Waals surface area contributed by atoms with Crippen LogP contribution in [-0.4, -0.2) is 18.4 Å². The molecule has 6 heteroatoms. The molecule has 0 aliphatic carbocycles. The third-order valence-corrected chi connectivity index (χ3v) is 3.21. The van der Waals surface area contributed by atoms with Crippen molar-refractivity contribution in [2.75, 3.05) is 16.8 Å². The van der Waals surface area contributed by atoms with Crippen LogP contribution >= 0.6 is 0 Å². The lowest BCUT2D eigenvalue weighted by molar-refractivity contribution is -0.117. The summed E-state index contributed by atoms with van der Waals surface area (Å²) in [6, 6.07) is 12.1. The minimum Gasteiger partial charge on any atom is -0.326 e. The number of hydrogen-bond donors (Lipinski definition) is 1. The molecule has 0 spiro atoms. The number of carbonyl (C=O) groups is 2. The standard InChI is InChI=1S/C17H16F2N2O2/c1-12(22)21(14-5-3-2-4-6-14)10-9-17(23)20-13-7-8-15(18)16(19)11-13/h2-8,11H,9-10H2,1H3,(H,20,23). The molecule has 23 heavy (non-hydrogen) atoms. The summed E-state index contributed by atoms with van der Waals surface area (Å²) in [7, 11) is 0. The van der Waals surface area contributed by atoms with Crippen LogP contribution in [0.4, 0.5) is 20.2 Å². The van der Waals surface area contributed by atoms with Crippen LogP contribution in [0.5, 0.6) is 0 Å². The topological polar surface area (TPSA) is 49.4 Å². The number of nitrogens with one attached hydrogen (secondary N) is 1. The first-order chi connectivity index (χ1) is 11.0. The molecule has 0 aliphatic rings. The maximum Gasteiger partial charge on any atom is 0.226 e. The summed E-state index contributed by atoms with van der Waals surface area (Å²) in [5, 5.41) is 2.47. The molecule has 0 bridgehead atoms. The molecule has 0 aliphatic heterocycles. The number of anilines is 2. The van der Waals surface area contributed by atoms with E-state index in [0.717, 1.165) is 12.1 Å². The molecular formula is C17H16F2N2O2. The highest BCUT2D eigenvalue weighted by Gasteiger charge is 2.13. The summed E-state index contributed by atoms with van der Waals surface area (Å²) in [5.41, 5.74) is 0.864. The predicted octanol–water partition coefficient (Wildman–Crippen LogP) is 3.35. The van der Waals surface area contributed by atoms with Crippen molar-refractivity contribution in [1.29, 1.82) is 0 Å². The molecule has 0 fully saturated rings. The van der Waals surface area contributed by atoms with Crippen LogP contribution in [-0.2, 0) is 9.59 Å². The Morgan fingerprint density at radius 2 is 1.74 bits per heavy atom. The highest BCUT2D eigenvalue weighted by Crippen LogP contribution is 2.15. The summed E-state index contributed by atoms with van der Waals surface area (Å²) in [6.07, 6.45) is 0.0352. The Kier molecular flexibility index (Phi) is 5.41. The lowest BCUT2D eigenvalue weighted by Crippen LogP contribution is -2.31. The molecule has 2 amide bonds. The van der Waals surface area contributed by atoms with Gasteiger partial charge in [0.05, 0.1) is 0 Å². The SMILES string of the molecule is CC(=O)N(CCC(=O)Nc1ccc(F)c(F)c1)c1ccccc1. The number of nitrogens with zero attached hydrogens (tertiary/aromatic N) is 1. The fraction of sp³-hybridized carbons (Fsp3) is 0.176. The van der Waals surface area contributed by atoms with Crippen LogP contribution < -0.4 is 10.2 Å². The molecule has 4 nitrogen and oxygen atoms in total. The van der Waals surface area contributed by atoms with E-state index < -0.39 is 17.5 Å². The van der Waals surface area contributed by atoms with Gasteiger partial charge in [0.25, 0.3) is 0 Å². The molecule has 0 unspecified atom stereocenters. The highest BCUT2D eigenvalue weighted by atomic mass is 19.2. The summed E-state index contributed by atoms with van der Waals surface area (Å²) in [4.78, 5) is 25.1. The second-order valence-corrected chi connectivity index (χ2v) is 4.93. The van der Waals surface area contributed by atoms with Gasteiger partial charge in [-0.3, -0.25) is 9.59 Å². The first-order valence-corrected chi connectivity index (χ1v) is 7.05. The average molecular weight is 318 g/mol. The number of hydrogen-bond acceptors (Lipinski definition) is 2. The number of benzene rings is 2. The zero-order valence-electron chi connectivity index (χ0n) is 12.6. The minimum absolute atomic E-state index is 0.0352. The summed E-state index contributed by atoms with van der Waals surface area (Å²) < 4.78 is 25.9. The second kappa shape index (κ2) is 7.49. The Bertz CT molecular complexity index is 705. The first kappa shape index (κ1) is 16.6. The summed E-state index contributed by atoms with van der Waals surface area (Å²) in [6.45, 7) is 1.61. The molecular weight excluding hydrogens is 302 g/mol. The third-order valence-electron chi connectivity index (χ3n) is 3.21. The summed E-state index contributed by atoms with van der Waals surface area (Å²) >= 11 is 0. The van der Waals surface area contributed by atoms with Crippen molar-refractivity contribution in [1.82, 2.24) is 0 Å². The first-order valence-electron chi connectivity index (χ1n) is 7.05. The van der Waals surface area contributed by atoms with E-state index >= 15 is 0 Å². The smallest absolute Gasteiger partial charge is 0.226 e. The molecule has 1 N–H and O–H groups in total. The quantitative estimate of drug-likeness (QED) is 0.919. The van der Waals surface area contributed by atoms with Crippen LogP contribution in [0.3, 0.4) is 0 Å². The third kappa shape index (κ3) is 4.60. The predicted molar refractivity (Wildman–Crippen MR) is 84.1 cm³/mol. The molecule has 120 valence electrons. The van der Waals surface area contributed by atoms with Crippen molar-refractivity contribution in [2.45, 2.75) is 13.3 Å². The van der Waals surface area contributed by atoms with Gasteiger partial charge in [-0.25, -0.2) is 8.78 Å². The van der Waals surface area contributed by atoms with Crippen molar-refractivity contribution in [3.8, 4) is 0 Å². The molecule has 0 radical (unpaired) electrons. The fourth-order valence-electron chi connectivity index (χ4n) is 2.09. The molecule has 2 aromatic rings. The van der Waals surface area contributed by atoms with Gasteiger partial charge in [-0.15, -0.1) is 0 Å². The van der Waals surface area contributed by atoms with Crippen molar-refractivity contribution in [2.24, 2.45) is 0 Å². The number of para-hydroxylation sites is 1. The van der Waals surface area contributed by atoms with Gasteiger partial charge in [-0.05, 0) is 24.3 Å². The molecule has 2 aromatic carbocycles. The zero-order valence-corrected chi connectivity index (χ0v) is 12.6. The Balaban J connectivity index is 1.96. The fourth-order valence-corrected chi connectivity index (χ4v) is 2.09. The van der Waals surface area contributed by atoms with Gasteiger partial charge in [-0.1, -0.05) is 18.2 Å². The molecule has 0 saturated heterocycles. The maximum absolute atomic E-state index is 13.1. The average Bonchev–Trinajstić information content (AvgIpc) is 2.52. The Hall–Kier alpha value is -2.76. The van der Waals surface area contributed by atoms with E-state index in [1.165, 1.54) is 17.9 Å². The van der Waals surface area contributed by atoms with E-state index in [2.05, 4.69) is 5.32 Å². The van der Waals surface area contributed by atoms with Gasteiger partial charge < -0.3 is 10.2 Å². The van der Waals surface area contributed by atoms with Crippen LogP contribution in [0.15, 0.2) is 48.5 Å². The molecule has 0 atom stereocenters. The Morgan fingerprint density at radius 1 is 1.04 bits per heavy atom. The van der Waals surface area contributed by atoms with Gasteiger partial charge in [0.1, 0.15) is 0 Å². The van der Waals surface area contributed by atoms with Gasteiger partial charge in [0, 0.05) is 37.3 Å². The minimum atomic E-state index is -1.03. The van der Waals surface area contributed by atoms with Crippen LogP contribution in [0.2, 0.25) is 0 Å². The molecule has 2 rings (SSSR count). The normalized spacial score (nSPS) is 10.2. The second-order valence-electron chi connectivity index (χ2n) is 4.93. The Morgan fingerprint density at radius 3 is 2.35 bits per heavy atom. The Labute approximate surface area is 132 Å². The number of carbonyl (C=O) groups excluding carboxylic acids is 2. The van der Waals surface area contributed by atoms with Crippen LogP contribution in [0.1, 0.15) is 13.3 Å². The van der Waals surface area contributed by atoms with E-state index in [9.17, 15) is 18.4 Å². The largest absolute Gasteiger partial charge is 0.326 e. The monoisotopic (exact) mass is 318 g/mol. The number of amides is 2. The van der Waals surface area contributed by atoms with E-state index in [0.29, 0.717) is 5.69 Å². The van der Waals surface area contributed by atoms with E-state index in [4.69, 9.17) is 0 Å². The summed E-state index contributed by atoms with van der Waals surface area (Å²) in [5.74, 6) is -2.58. The number of halogens is 2. The van der Waals surface area contributed by atoms with E-state index in [-0.39, 0.29) is 24.6 Å². The van der Waals surface area contributed by atoms with Crippen LogP contribution in [0.25, 0.3) is 0 Å².